The smallest absolute Gasteiger partial charge is 0.421 e. The third kappa shape index (κ3) is 8.57. The van der Waals surface area contributed by atoms with Crippen molar-refractivity contribution in [2.24, 2.45) is 0 Å². The highest BCUT2D eigenvalue weighted by atomic mass is 19.4. The first-order valence-electron chi connectivity index (χ1n) is 11.8. The Labute approximate surface area is 223 Å². The molecule has 0 bridgehead atoms. The van der Waals surface area contributed by atoms with E-state index in [1.165, 1.54) is 19.2 Å². The van der Waals surface area contributed by atoms with Crippen molar-refractivity contribution in [3.8, 4) is 5.75 Å². The van der Waals surface area contributed by atoms with E-state index < -0.39 is 30.1 Å². The number of benzene rings is 2. The molecule has 2 aromatic carbocycles. The van der Waals surface area contributed by atoms with E-state index in [-0.39, 0.29) is 11.6 Å². The molecule has 39 heavy (non-hydrogen) atoms. The van der Waals surface area contributed by atoms with E-state index in [1.807, 2.05) is 11.9 Å². The fourth-order valence-corrected chi connectivity index (χ4v) is 3.42. The lowest BCUT2D eigenvalue weighted by Crippen LogP contribution is -2.27. The van der Waals surface area contributed by atoms with E-state index in [9.17, 15) is 22.4 Å². The summed E-state index contributed by atoms with van der Waals surface area (Å²) in [5, 5.41) is 11.3. The van der Waals surface area contributed by atoms with Crippen LogP contribution >= 0.6 is 0 Å². The van der Waals surface area contributed by atoms with E-state index in [4.69, 9.17) is 4.74 Å². The average Bonchev–Trinajstić information content (AvgIpc) is 2.89. The van der Waals surface area contributed by atoms with Gasteiger partial charge in [-0.3, -0.25) is 4.79 Å². The highest BCUT2D eigenvalue weighted by Crippen LogP contribution is 2.36. The second kappa shape index (κ2) is 13.4. The molecule has 0 fully saturated rings. The number of alkyl halides is 4. The maximum Gasteiger partial charge on any atom is 0.421 e. The number of nitrogens with one attached hydrogen (secondary N) is 4. The summed E-state index contributed by atoms with van der Waals surface area (Å²) in [5.41, 5.74) is 0.718. The zero-order valence-electron chi connectivity index (χ0n) is 21.4. The molecular weight excluding hydrogens is 518 g/mol. The number of carbonyl (C=O) groups is 1. The van der Waals surface area contributed by atoms with Gasteiger partial charge in [0.15, 0.2) is 0 Å². The predicted octanol–water partition coefficient (Wildman–Crippen LogP) is 5.43. The number of rotatable bonds is 13. The van der Waals surface area contributed by atoms with Crippen LogP contribution in [0.4, 0.5) is 52.1 Å². The van der Waals surface area contributed by atoms with Gasteiger partial charge in [-0.05, 0) is 43.5 Å². The fraction of sp³-hybridized carbons (Fsp3) is 0.269. The van der Waals surface area contributed by atoms with Gasteiger partial charge in [-0.25, -0.2) is 9.37 Å². The highest BCUT2D eigenvalue weighted by Gasteiger charge is 2.35. The van der Waals surface area contributed by atoms with Crippen molar-refractivity contribution in [1.82, 2.24) is 14.9 Å². The van der Waals surface area contributed by atoms with E-state index in [0.717, 1.165) is 11.8 Å². The molecule has 208 valence electrons. The van der Waals surface area contributed by atoms with Crippen molar-refractivity contribution in [3.63, 3.8) is 0 Å². The van der Waals surface area contributed by atoms with Crippen molar-refractivity contribution in [3.05, 3.63) is 66.9 Å². The highest BCUT2D eigenvalue weighted by molar-refractivity contribution is 5.99. The quantitative estimate of drug-likeness (QED) is 0.166. The first-order valence-corrected chi connectivity index (χ1v) is 11.8. The molecule has 0 saturated heterocycles. The van der Waals surface area contributed by atoms with Crippen LogP contribution in [0, 0.1) is 0 Å². The summed E-state index contributed by atoms with van der Waals surface area (Å²) >= 11 is 0. The lowest BCUT2D eigenvalue weighted by Gasteiger charge is -2.17. The van der Waals surface area contributed by atoms with Crippen LogP contribution in [0.2, 0.25) is 0 Å². The number of likely N-dealkylation sites (N-methyl/N-ethyl adjacent to an activating group) is 1. The number of halogens is 4. The second-order valence-corrected chi connectivity index (χ2v) is 8.31. The number of aromatic nitrogens is 2. The number of ether oxygens (including phenoxy) is 1. The van der Waals surface area contributed by atoms with Crippen LogP contribution in [0.25, 0.3) is 0 Å². The Kier molecular flexibility index (Phi) is 10.0. The Morgan fingerprint density at radius 2 is 1.87 bits per heavy atom. The number of hydrogen-bond acceptors (Lipinski definition) is 8. The SMILES string of the molecule is C=CC(=O)Nc1cccc(Nc2nc(Nc3ccc(NCCN(C)CCF)cc3OC)ncc2C(F)(F)F)c1. The summed E-state index contributed by atoms with van der Waals surface area (Å²) in [5.74, 6) is -0.646. The number of anilines is 6. The van der Waals surface area contributed by atoms with Crippen molar-refractivity contribution >= 4 is 40.4 Å². The zero-order valence-corrected chi connectivity index (χ0v) is 21.4. The molecular formula is C26H29F4N7O2. The molecule has 0 atom stereocenters. The molecule has 0 aliphatic rings. The van der Waals surface area contributed by atoms with Crippen LogP contribution in [0.1, 0.15) is 5.56 Å². The monoisotopic (exact) mass is 547 g/mol. The minimum atomic E-state index is -4.72. The van der Waals surface area contributed by atoms with Gasteiger partial charge in [0.25, 0.3) is 0 Å². The van der Waals surface area contributed by atoms with Crippen molar-refractivity contribution in [2.75, 3.05) is 61.7 Å². The Morgan fingerprint density at radius 3 is 2.56 bits per heavy atom. The Balaban J connectivity index is 1.81. The molecule has 1 aromatic heterocycles. The second-order valence-electron chi connectivity index (χ2n) is 8.31. The summed E-state index contributed by atoms with van der Waals surface area (Å²) in [7, 11) is 3.28. The van der Waals surface area contributed by atoms with Gasteiger partial charge in [0.2, 0.25) is 11.9 Å². The average molecular weight is 548 g/mol. The maximum atomic E-state index is 13.7. The van der Waals surface area contributed by atoms with Crippen LogP contribution in [0.3, 0.4) is 0 Å². The molecule has 0 saturated carbocycles. The largest absolute Gasteiger partial charge is 0.494 e. The molecule has 1 amide bonds. The molecule has 3 rings (SSSR count). The summed E-state index contributed by atoms with van der Waals surface area (Å²) in [6, 6.07) is 11.3. The molecule has 9 nitrogen and oxygen atoms in total. The molecule has 1 heterocycles. The molecule has 13 heteroatoms. The zero-order chi connectivity index (χ0) is 28.4. The van der Waals surface area contributed by atoms with Crippen LogP contribution in [0.15, 0.2) is 61.3 Å². The van der Waals surface area contributed by atoms with Gasteiger partial charge in [-0.2, -0.15) is 18.2 Å². The summed E-state index contributed by atoms with van der Waals surface area (Å²) in [6.45, 7) is 4.49. The van der Waals surface area contributed by atoms with Crippen molar-refractivity contribution < 1.29 is 27.1 Å². The normalized spacial score (nSPS) is 11.2. The Hall–Kier alpha value is -4.39. The molecule has 3 aromatic rings. The Morgan fingerprint density at radius 1 is 1.10 bits per heavy atom. The summed E-state index contributed by atoms with van der Waals surface area (Å²) < 4.78 is 59.0. The third-order valence-corrected chi connectivity index (χ3v) is 5.41. The van der Waals surface area contributed by atoms with Gasteiger partial charge >= 0.3 is 6.18 Å². The van der Waals surface area contributed by atoms with Gasteiger partial charge in [0, 0.05) is 49.0 Å². The van der Waals surface area contributed by atoms with Crippen LogP contribution in [0.5, 0.6) is 5.75 Å². The minimum absolute atomic E-state index is 0.103. The standard InChI is InChI=1S/C26H29F4N7O2/c1-4-23(38)33-18-6-5-7-19(14-18)34-24-20(26(28,29)30)16-32-25(36-24)35-21-9-8-17(15-22(21)39-3)31-11-13-37(2)12-10-27/h4-9,14-16,31H,1,10-13H2,2-3H3,(H,33,38)(H2,32,34,35,36). The van der Waals surface area contributed by atoms with E-state index >= 15 is 0 Å². The first kappa shape index (κ1) is 29.2. The topological polar surface area (TPSA) is 103 Å². The maximum absolute atomic E-state index is 13.7. The fourth-order valence-electron chi connectivity index (χ4n) is 3.42. The Bertz CT molecular complexity index is 1290. The number of nitrogens with zero attached hydrogens (tertiary/aromatic N) is 3. The number of hydrogen-bond donors (Lipinski definition) is 4. The summed E-state index contributed by atoms with van der Waals surface area (Å²) in [6.07, 6.45) is -2.97. The van der Waals surface area contributed by atoms with Gasteiger partial charge in [-0.1, -0.05) is 12.6 Å². The molecule has 0 aliphatic carbocycles. The van der Waals surface area contributed by atoms with Crippen LogP contribution in [-0.4, -0.2) is 61.2 Å². The third-order valence-electron chi connectivity index (χ3n) is 5.41. The van der Waals surface area contributed by atoms with Gasteiger partial charge in [-0.15, -0.1) is 0 Å². The molecule has 4 N–H and O–H groups in total. The van der Waals surface area contributed by atoms with Crippen LogP contribution in [-0.2, 0) is 11.0 Å². The molecule has 0 unspecified atom stereocenters. The van der Waals surface area contributed by atoms with Gasteiger partial charge in [0.05, 0.1) is 12.8 Å². The van der Waals surface area contributed by atoms with Crippen LogP contribution < -0.4 is 26.0 Å². The van der Waals surface area contributed by atoms with E-state index in [0.29, 0.717) is 43.0 Å². The van der Waals surface area contributed by atoms with Crippen molar-refractivity contribution in [2.45, 2.75) is 6.18 Å². The number of methoxy groups -OCH3 is 1. The minimum Gasteiger partial charge on any atom is -0.494 e. The van der Waals surface area contributed by atoms with Crippen molar-refractivity contribution in [1.29, 1.82) is 0 Å². The predicted molar refractivity (Wildman–Crippen MR) is 144 cm³/mol. The number of carbonyl (C=O) groups excluding carboxylic acids is 1. The lowest BCUT2D eigenvalue weighted by atomic mass is 10.2. The molecule has 0 spiro atoms. The lowest BCUT2D eigenvalue weighted by molar-refractivity contribution is -0.137. The molecule has 0 radical (unpaired) electrons. The molecule has 0 aliphatic heterocycles. The first-order chi connectivity index (χ1) is 18.6. The van der Waals surface area contributed by atoms with Gasteiger partial charge in [0.1, 0.15) is 23.8 Å². The van der Waals surface area contributed by atoms with Gasteiger partial charge < -0.3 is 30.9 Å². The van der Waals surface area contributed by atoms with E-state index in [2.05, 4.69) is 37.8 Å². The number of amides is 1. The summed E-state index contributed by atoms with van der Waals surface area (Å²) in [4.78, 5) is 21.3. The van der Waals surface area contributed by atoms with E-state index in [1.54, 1.807) is 30.3 Å².